The maximum atomic E-state index is 5.28. The molecule has 0 fully saturated rings. The normalized spacial score (nSPS) is 10.0. The molecule has 2 nitrogen and oxygen atoms in total. The van der Waals surface area contributed by atoms with Crippen LogP contribution in [0.4, 0.5) is 0 Å². The predicted octanol–water partition coefficient (Wildman–Crippen LogP) is 3.19. The molecule has 1 aromatic rings. The molecule has 0 atom stereocenters. The van der Waals surface area contributed by atoms with Gasteiger partial charge in [-0.3, -0.25) is 0 Å². The molecule has 0 spiro atoms. The second kappa shape index (κ2) is 10.6. The topological polar surface area (TPSA) is 21.3 Å². The third kappa shape index (κ3) is 7.37. The van der Waals surface area contributed by atoms with E-state index in [0.717, 1.165) is 39.1 Å². The fourth-order valence-corrected chi connectivity index (χ4v) is 1.57. The van der Waals surface area contributed by atoms with Crippen molar-refractivity contribution in [2.75, 3.05) is 19.8 Å². The number of halogens is 1. The number of ether oxygens (including phenoxy) is 1. The van der Waals surface area contributed by atoms with Crippen molar-refractivity contribution in [3.05, 3.63) is 35.4 Å². The van der Waals surface area contributed by atoms with Crippen molar-refractivity contribution in [3.8, 4) is 0 Å². The summed E-state index contributed by atoms with van der Waals surface area (Å²) >= 11 is 0. The van der Waals surface area contributed by atoms with E-state index in [2.05, 4.69) is 36.5 Å². The first-order valence-electron chi connectivity index (χ1n) is 6.23. The standard InChI is InChI=1S/C14H23NO.ClH/c1-3-13-6-8-14(9-7-13)12-15-10-5-11-16-4-2;/h6-9,15H,3-5,10-12H2,1-2H3;1H. The quantitative estimate of drug-likeness (QED) is 0.723. The Labute approximate surface area is 111 Å². The van der Waals surface area contributed by atoms with Crippen LogP contribution in [0.25, 0.3) is 0 Å². The van der Waals surface area contributed by atoms with Crippen LogP contribution in [0.5, 0.6) is 0 Å². The molecule has 0 aliphatic carbocycles. The van der Waals surface area contributed by atoms with E-state index in [1.165, 1.54) is 11.1 Å². The van der Waals surface area contributed by atoms with Gasteiger partial charge in [-0.15, -0.1) is 12.4 Å². The number of nitrogens with one attached hydrogen (secondary N) is 1. The van der Waals surface area contributed by atoms with Crippen LogP contribution in [0.15, 0.2) is 24.3 Å². The van der Waals surface area contributed by atoms with Gasteiger partial charge >= 0.3 is 0 Å². The van der Waals surface area contributed by atoms with E-state index >= 15 is 0 Å². The third-order valence-corrected chi connectivity index (χ3v) is 2.61. The summed E-state index contributed by atoms with van der Waals surface area (Å²) in [6.45, 7) is 7.87. The molecule has 1 aromatic carbocycles. The van der Waals surface area contributed by atoms with Crippen molar-refractivity contribution in [2.24, 2.45) is 0 Å². The highest BCUT2D eigenvalue weighted by Crippen LogP contribution is 2.04. The van der Waals surface area contributed by atoms with Crippen LogP contribution in [-0.2, 0) is 17.7 Å². The van der Waals surface area contributed by atoms with Gasteiger partial charge in [-0.25, -0.2) is 0 Å². The maximum Gasteiger partial charge on any atom is 0.0477 e. The molecule has 0 amide bonds. The number of hydrogen-bond acceptors (Lipinski definition) is 2. The van der Waals surface area contributed by atoms with Crippen molar-refractivity contribution in [1.82, 2.24) is 5.32 Å². The van der Waals surface area contributed by atoms with Crippen molar-refractivity contribution >= 4 is 12.4 Å². The van der Waals surface area contributed by atoms with Gasteiger partial charge in [0.25, 0.3) is 0 Å². The zero-order chi connectivity index (χ0) is 11.6. The lowest BCUT2D eigenvalue weighted by atomic mass is 10.1. The third-order valence-electron chi connectivity index (χ3n) is 2.61. The van der Waals surface area contributed by atoms with Crippen LogP contribution in [0, 0.1) is 0 Å². The molecule has 3 heteroatoms. The number of hydrogen-bond donors (Lipinski definition) is 1. The molecule has 0 aliphatic heterocycles. The van der Waals surface area contributed by atoms with E-state index < -0.39 is 0 Å². The fraction of sp³-hybridized carbons (Fsp3) is 0.571. The highest BCUT2D eigenvalue weighted by Gasteiger charge is 1.93. The molecule has 0 aromatic heterocycles. The minimum Gasteiger partial charge on any atom is -0.382 e. The Morgan fingerprint density at radius 1 is 1.06 bits per heavy atom. The number of aryl methyl sites for hydroxylation is 1. The van der Waals surface area contributed by atoms with Crippen molar-refractivity contribution in [2.45, 2.75) is 33.2 Å². The number of benzene rings is 1. The molecule has 0 aliphatic rings. The predicted molar refractivity (Wildman–Crippen MR) is 75.9 cm³/mol. The average Bonchev–Trinajstić information content (AvgIpc) is 2.34. The molecule has 0 bridgehead atoms. The van der Waals surface area contributed by atoms with Gasteiger partial charge < -0.3 is 10.1 Å². The van der Waals surface area contributed by atoms with E-state index in [1.807, 2.05) is 6.92 Å². The Kier molecular flexibility index (Phi) is 10.2. The average molecular weight is 258 g/mol. The zero-order valence-corrected chi connectivity index (χ0v) is 11.7. The van der Waals surface area contributed by atoms with Gasteiger partial charge in [0.05, 0.1) is 0 Å². The summed E-state index contributed by atoms with van der Waals surface area (Å²) in [6.07, 6.45) is 2.20. The zero-order valence-electron chi connectivity index (χ0n) is 10.9. The molecule has 98 valence electrons. The first-order chi connectivity index (χ1) is 7.86. The highest BCUT2D eigenvalue weighted by molar-refractivity contribution is 5.85. The lowest BCUT2D eigenvalue weighted by Crippen LogP contribution is -2.16. The van der Waals surface area contributed by atoms with Gasteiger partial charge in [-0.05, 0) is 37.4 Å². The summed E-state index contributed by atoms with van der Waals surface area (Å²) in [5, 5.41) is 3.42. The van der Waals surface area contributed by atoms with Crippen LogP contribution in [0.1, 0.15) is 31.4 Å². The molecular formula is C14H24ClNO. The Morgan fingerprint density at radius 2 is 1.71 bits per heavy atom. The van der Waals surface area contributed by atoms with Crippen molar-refractivity contribution < 1.29 is 4.74 Å². The van der Waals surface area contributed by atoms with Gasteiger partial charge in [-0.2, -0.15) is 0 Å². The minimum atomic E-state index is 0. The molecule has 0 unspecified atom stereocenters. The Balaban J connectivity index is 0.00000256. The minimum absolute atomic E-state index is 0. The fourth-order valence-electron chi connectivity index (χ4n) is 1.57. The largest absolute Gasteiger partial charge is 0.382 e. The molecule has 1 rings (SSSR count). The summed E-state index contributed by atoms with van der Waals surface area (Å²) in [7, 11) is 0. The lowest BCUT2D eigenvalue weighted by Gasteiger charge is -2.05. The summed E-state index contributed by atoms with van der Waals surface area (Å²) in [5.41, 5.74) is 2.76. The first-order valence-corrected chi connectivity index (χ1v) is 6.23. The monoisotopic (exact) mass is 257 g/mol. The molecule has 1 N–H and O–H groups in total. The van der Waals surface area contributed by atoms with E-state index in [9.17, 15) is 0 Å². The SMILES string of the molecule is CCOCCCNCc1ccc(CC)cc1.Cl. The maximum absolute atomic E-state index is 5.28. The Bertz CT molecular complexity index is 274. The number of rotatable bonds is 8. The van der Waals surface area contributed by atoms with Gasteiger partial charge in [0.1, 0.15) is 0 Å². The smallest absolute Gasteiger partial charge is 0.0477 e. The second-order valence-corrected chi connectivity index (χ2v) is 3.90. The van der Waals surface area contributed by atoms with Crippen LogP contribution in [0.3, 0.4) is 0 Å². The second-order valence-electron chi connectivity index (χ2n) is 3.90. The van der Waals surface area contributed by atoms with Crippen LogP contribution in [0.2, 0.25) is 0 Å². The van der Waals surface area contributed by atoms with Gasteiger partial charge in [0.2, 0.25) is 0 Å². The van der Waals surface area contributed by atoms with Crippen molar-refractivity contribution in [1.29, 1.82) is 0 Å². The van der Waals surface area contributed by atoms with Gasteiger partial charge in [0.15, 0.2) is 0 Å². The summed E-state index contributed by atoms with van der Waals surface area (Å²) in [5.74, 6) is 0. The molecule has 0 radical (unpaired) electrons. The van der Waals surface area contributed by atoms with E-state index in [-0.39, 0.29) is 12.4 Å². The molecule has 0 saturated heterocycles. The molecular weight excluding hydrogens is 234 g/mol. The summed E-state index contributed by atoms with van der Waals surface area (Å²) < 4.78 is 5.28. The first kappa shape index (κ1) is 16.4. The van der Waals surface area contributed by atoms with E-state index in [4.69, 9.17) is 4.74 Å². The summed E-state index contributed by atoms with van der Waals surface area (Å²) in [6, 6.07) is 8.82. The summed E-state index contributed by atoms with van der Waals surface area (Å²) in [4.78, 5) is 0. The molecule has 0 heterocycles. The molecule has 0 saturated carbocycles. The van der Waals surface area contributed by atoms with Crippen LogP contribution in [-0.4, -0.2) is 19.8 Å². The Hall–Kier alpha value is -0.570. The van der Waals surface area contributed by atoms with E-state index in [0.29, 0.717) is 0 Å². The molecule has 17 heavy (non-hydrogen) atoms. The highest BCUT2D eigenvalue weighted by atomic mass is 35.5. The van der Waals surface area contributed by atoms with Crippen LogP contribution >= 0.6 is 12.4 Å². The lowest BCUT2D eigenvalue weighted by molar-refractivity contribution is 0.144. The Morgan fingerprint density at radius 3 is 2.29 bits per heavy atom. The van der Waals surface area contributed by atoms with Crippen LogP contribution < -0.4 is 5.32 Å². The van der Waals surface area contributed by atoms with Crippen molar-refractivity contribution in [3.63, 3.8) is 0 Å². The van der Waals surface area contributed by atoms with E-state index in [1.54, 1.807) is 0 Å². The van der Waals surface area contributed by atoms with Gasteiger partial charge in [-0.1, -0.05) is 31.2 Å². The van der Waals surface area contributed by atoms with Gasteiger partial charge in [0, 0.05) is 19.8 Å².